The minimum absolute atomic E-state index is 0.445. The topological polar surface area (TPSA) is 0 Å². The fourth-order valence-corrected chi connectivity index (χ4v) is 9.54. The first-order valence-corrected chi connectivity index (χ1v) is 21.4. The summed E-state index contributed by atoms with van der Waals surface area (Å²) in [5.74, 6) is 0.445. The third kappa shape index (κ3) is 6.58. The Balaban J connectivity index is 1.15. The van der Waals surface area contributed by atoms with E-state index in [0.29, 0.717) is 5.92 Å². The minimum atomic E-state index is 0.445. The Kier molecular flexibility index (Phi) is 9.13. The highest BCUT2D eigenvalue weighted by Crippen LogP contribution is 2.47. The summed E-state index contributed by atoms with van der Waals surface area (Å²) in [6.45, 7) is 4.55. The van der Waals surface area contributed by atoms with Gasteiger partial charge in [-0.25, -0.2) is 0 Å². The molecular formula is C61H44. The smallest absolute Gasteiger partial charge is 0.00261 e. The summed E-state index contributed by atoms with van der Waals surface area (Å²) in [5, 5.41) is 10.0. The molecule has 0 aliphatic carbocycles. The molecule has 0 aromatic heterocycles. The van der Waals surface area contributed by atoms with Gasteiger partial charge in [-0.3, -0.25) is 0 Å². The average molecular weight is 777 g/mol. The lowest BCUT2D eigenvalue weighted by Crippen LogP contribution is -1.94. The molecule has 0 aliphatic heterocycles. The first kappa shape index (κ1) is 36.5. The van der Waals surface area contributed by atoms with Crippen LogP contribution in [0.1, 0.15) is 25.3 Å². The molecule has 61 heavy (non-hydrogen) atoms. The van der Waals surface area contributed by atoms with Crippen molar-refractivity contribution in [2.24, 2.45) is 0 Å². The third-order valence-electron chi connectivity index (χ3n) is 12.6. The number of benzene rings is 11. The molecule has 0 N–H and O–H groups in total. The SMILES string of the molecule is CC(C)c1cccc(-c2c3ccccc3c(-c3ccc(-c4ccc5ccccc5c4)c(-c4ccccc4-c4cccc(-c5ccc6ccccc6c5)c4)c3)c3ccccc23)c1. The van der Waals surface area contributed by atoms with Crippen molar-refractivity contribution in [2.45, 2.75) is 19.8 Å². The van der Waals surface area contributed by atoms with Crippen molar-refractivity contribution < 1.29 is 0 Å². The molecule has 0 saturated heterocycles. The van der Waals surface area contributed by atoms with Gasteiger partial charge in [-0.15, -0.1) is 0 Å². The van der Waals surface area contributed by atoms with Crippen LogP contribution in [0.3, 0.4) is 0 Å². The van der Waals surface area contributed by atoms with Crippen LogP contribution >= 0.6 is 0 Å². The van der Waals surface area contributed by atoms with E-state index in [1.807, 2.05) is 0 Å². The van der Waals surface area contributed by atoms with E-state index in [1.54, 1.807) is 0 Å². The van der Waals surface area contributed by atoms with Gasteiger partial charge in [0.25, 0.3) is 0 Å². The van der Waals surface area contributed by atoms with Gasteiger partial charge < -0.3 is 0 Å². The van der Waals surface area contributed by atoms with E-state index < -0.39 is 0 Å². The van der Waals surface area contributed by atoms with E-state index in [2.05, 4.69) is 238 Å². The van der Waals surface area contributed by atoms with Gasteiger partial charge in [0.05, 0.1) is 0 Å². The van der Waals surface area contributed by atoms with Gasteiger partial charge in [0.2, 0.25) is 0 Å². The summed E-state index contributed by atoms with van der Waals surface area (Å²) in [7, 11) is 0. The molecule has 0 heteroatoms. The second-order valence-electron chi connectivity index (χ2n) is 16.6. The van der Waals surface area contributed by atoms with Gasteiger partial charge >= 0.3 is 0 Å². The molecule has 0 atom stereocenters. The van der Waals surface area contributed by atoms with E-state index >= 15 is 0 Å². The molecule has 0 nitrogen and oxygen atoms in total. The molecule has 0 spiro atoms. The molecule has 11 aromatic carbocycles. The van der Waals surface area contributed by atoms with Gasteiger partial charge in [0.15, 0.2) is 0 Å². The molecule has 0 heterocycles. The molecular weight excluding hydrogens is 733 g/mol. The molecule has 11 rings (SSSR count). The van der Waals surface area contributed by atoms with Gasteiger partial charge in [-0.1, -0.05) is 214 Å². The number of hydrogen-bond acceptors (Lipinski definition) is 0. The molecule has 288 valence electrons. The van der Waals surface area contributed by atoms with Gasteiger partial charge in [0, 0.05) is 0 Å². The normalized spacial score (nSPS) is 11.6. The highest BCUT2D eigenvalue weighted by molar-refractivity contribution is 6.21. The summed E-state index contributed by atoms with van der Waals surface area (Å²) >= 11 is 0. The Morgan fingerprint density at radius 1 is 0.246 bits per heavy atom. The van der Waals surface area contributed by atoms with Gasteiger partial charge in [-0.2, -0.15) is 0 Å². The standard InChI is InChI=1S/C61H44/c1-40(2)43-19-13-22-50(35-43)60-55-25-9-11-27-57(55)61(58-28-12-10-26-56(58)60)51-33-34-53(49-32-30-42-16-4-6-18-45(42)37-49)59(39-51)54-24-8-7-23-52(54)48-21-14-20-46(38-48)47-31-29-41-15-3-5-17-44(41)36-47/h3-40H,1-2H3. The summed E-state index contributed by atoms with van der Waals surface area (Å²) < 4.78 is 0. The summed E-state index contributed by atoms with van der Waals surface area (Å²) in [6, 6.07) is 83.3. The van der Waals surface area contributed by atoms with Crippen LogP contribution < -0.4 is 0 Å². The van der Waals surface area contributed by atoms with Crippen molar-refractivity contribution in [3.8, 4) is 66.8 Å². The zero-order valence-corrected chi connectivity index (χ0v) is 34.4. The maximum absolute atomic E-state index is 2.46. The average Bonchev–Trinajstić information content (AvgIpc) is 3.32. The summed E-state index contributed by atoms with van der Waals surface area (Å²) in [4.78, 5) is 0. The fourth-order valence-electron chi connectivity index (χ4n) is 9.54. The van der Waals surface area contributed by atoms with Crippen molar-refractivity contribution in [3.63, 3.8) is 0 Å². The maximum atomic E-state index is 2.46. The zero-order chi connectivity index (χ0) is 40.9. The molecule has 0 radical (unpaired) electrons. The molecule has 0 saturated carbocycles. The van der Waals surface area contributed by atoms with Crippen LogP contribution in [0.2, 0.25) is 0 Å². The summed E-state index contributed by atoms with van der Waals surface area (Å²) in [5.41, 5.74) is 16.0. The zero-order valence-electron chi connectivity index (χ0n) is 34.4. The Morgan fingerprint density at radius 2 is 0.672 bits per heavy atom. The van der Waals surface area contributed by atoms with Crippen LogP contribution in [-0.4, -0.2) is 0 Å². The fraction of sp³-hybridized carbons (Fsp3) is 0.0492. The molecule has 0 amide bonds. The van der Waals surface area contributed by atoms with Crippen molar-refractivity contribution in [1.82, 2.24) is 0 Å². The molecule has 0 bridgehead atoms. The Hall–Kier alpha value is -7.54. The second kappa shape index (κ2) is 15.2. The van der Waals surface area contributed by atoms with Crippen LogP contribution in [0.5, 0.6) is 0 Å². The Morgan fingerprint density at radius 3 is 1.31 bits per heavy atom. The molecule has 0 aliphatic rings. The lowest BCUT2D eigenvalue weighted by atomic mass is 9.83. The van der Waals surface area contributed by atoms with E-state index in [9.17, 15) is 0 Å². The van der Waals surface area contributed by atoms with Gasteiger partial charge in [0.1, 0.15) is 0 Å². The largest absolute Gasteiger partial charge is 0.0616 e. The second-order valence-corrected chi connectivity index (χ2v) is 16.6. The highest BCUT2D eigenvalue weighted by Gasteiger charge is 2.20. The third-order valence-corrected chi connectivity index (χ3v) is 12.6. The maximum Gasteiger partial charge on any atom is -0.00261 e. The number of hydrogen-bond donors (Lipinski definition) is 0. The first-order chi connectivity index (χ1) is 30.1. The van der Waals surface area contributed by atoms with Crippen molar-refractivity contribution in [1.29, 1.82) is 0 Å². The van der Waals surface area contributed by atoms with Crippen LogP contribution in [0, 0.1) is 0 Å². The molecule has 0 unspecified atom stereocenters. The Labute approximate surface area is 358 Å². The van der Waals surface area contributed by atoms with Crippen molar-refractivity contribution >= 4 is 43.1 Å². The quantitative estimate of drug-likeness (QED) is 0.141. The predicted molar refractivity (Wildman–Crippen MR) is 263 cm³/mol. The summed E-state index contributed by atoms with van der Waals surface area (Å²) in [6.07, 6.45) is 0. The van der Waals surface area contributed by atoms with E-state index in [1.165, 1.54) is 115 Å². The van der Waals surface area contributed by atoms with Crippen LogP contribution in [0.4, 0.5) is 0 Å². The molecule has 0 fully saturated rings. The highest BCUT2D eigenvalue weighted by atomic mass is 14.2. The van der Waals surface area contributed by atoms with E-state index in [0.717, 1.165) is 0 Å². The predicted octanol–water partition coefficient (Wildman–Crippen LogP) is 17.4. The van der Waals surface area contributed by atoms with E-state index in [4.69, 9.17) is 0 Å². The molecule has 11 aromatic rings. The van der Waals surface area contributed by atoms with Crippen LogP contribution in [0.15, 0.2) is 224 Å². The Bertz CT molecular complexity index is 3400. The van der Waals surface area contributed by atoms with E-state index in [-0.39, 0.29) is 0 Å². The number of fused-ring (bicyclic) bond motifs is 4. The lowest BCUT2D eigenvalue weighted by molar-refractivity contribution is 0.867. The lowest BCUT2D eigenvalue weighted by Gasteiger charge is -2.21. The van der Waals surface area contributed by atoms with Crippen LogP contribution in [0.25, 0.3) is 110 Å². The van der Waals surface area contributed by atoms with Gasteiger partial charge in [-0.05, 0) is 146 Å². The number of rotatable bonds is 7. The minimum Gasteiger partial charge on any atom is -0.0616 e. The van der Waals surface area contributed by atoms with Crippen LogP contribution in [-0.2, 0) is 0 Å². The monoisotopic (exact) mass is 776 g/mol. The first-order valence-electron chi connectivity index (χ1n) is 21.4. The van der Waals surface area contributed by atoms with Crippen molar-refractivity contribution in [2.75, 3.05) is 0 Å². The van der Waals surface area contributed by atoms with Crippen molar-refractivity contribution in [3.05, 3.63) is 230 Å².